The third-order valence-corrected chi connectivity index (χ3v) is 4.90. The van der Waals surface area contributed by atoms with Crippen molar-refractivity contribution in [2.45, 2.75) is 33.4 Å². The normalized spacial score (nSPS) is 12.7. The molecule has 0 spiro atoms. The minimum absolute atomic E-state index is 0.0566. The van der Waals surface area contributed by atoms with Crippen molar-refractivity contribution in [1.82, 2.24) is 4.90 Å². The summed E-state index contributed by atoms with van der Waals surface area (Å²) in [6.45, 7) is 7.13. The lowest BCUT2D eigenvalue weighted by Gasteiger charge is -2.28. The molecule has 0 fully saturated rings. The van der Waals surface area contributed by atoms with Crippen LogP contribution >= 0.6 is 0 Å². The monoisotopic (exact) mass is 355 g/mol. The molecule has 136 valence electrons. The van der Waals surface area contributed by atoms with Crippen LogP contribution in [0, 0.1) is 12.7 Å². The summed E-state index contributed by atoms with van der Waals surface area (Å²) in [6, 6.07) is 11.4. The van der Waals surface area contributed by atoms with Crippen LogP contribution in [0.3, 0.4) is 0 Å². The van der Waals surface area contributed by atoms with Crippen molar-refractivity contribution < 1.29 is 13.9 Å². The highest BCUT2D eigenvalue weighted by molar-refractivity contribution is 5.84. The predicted molar refractivity (Wildman–Crippen MR) is 99.8 cm³/mol. The van der Waals surface area contributed by atoms with Crippen molar-refractivity contribution in [2.24, 2.45) is 0 Å². The number of rotatable bonds is 5. The predicted octanol–water partition coefficient (Wildman–Crippen LogP) is 4.53. The molecule has 1 N–H and O–H groups in total. The third-order valence-electron chi connectivity index (χ3n) is 4.90. The van der Waals surface area contributed by atoms with E-state index in [0.29, 0.717) is 17.7 Å². The average Bonchev–Trinajstić information content (AvgIpc) is 2.63. The van der Waals surface area contributed by atoms with Crippen LogP contribution in [0.5, 0.6) is 5.75 Å². The molecule has 1 aromatic heterocycles. The Labute approximate surface area is 151 Å². The van der Waals surface area contributed by atoms with Crippen molar-refractivity contribution in [1.29, 1.82) is 0 Å². The highest BCUT2D eigenvalue weighted by Gasteiger charge is 2.18. The molecule has 0 aliphatic rings. The van der Waals surface area contributed by atoms with Crippen LogP contribution in [0.25, 0.3) is 11.0 Å². The minimum Gasteiger partial charge on any atom is -0.508 e. The number of phenols is 1. The first-order valence-corrected chi connectivity index (χ1v) is 8.65. The van der Waals surface area contributed by atoms with Gasteiger partial charge >= 0.3 is 5.63 Å². The Morgan fingerprint density at radius 2 is 1.88 bits per heavy atom. The Bertz CT molecular complexity index is 979. The number of aryl methyl sites for hydroxylation is 1. The topological polar surface area (TPSA) is 53.7 Å². The van der Waals surface area contributed by atoms with Crippen LogP contribution in [0.4, 0.5) is 4.39 Å². The van der Waals surface area contributed by atoms with Gasteiger partial charge in [0.25, 0.3) is 0 Å². The largest absolute Gasteiger partial charge is 0.508 e. The zero-order valence-electron chi connectivity index (χ0n) is 15.1. The van der Waals surface area contributed by atoms with Gasteiger partial charge in [-0.2, -0.15) is 0 Å². The van der Waals surface area contributed by atoms with E-state index in [-0.39, 0.29) is 17.6 Å². The maximum Gasteiger partial charge on any atom is 0.336 e. The van der Waals surface area contributed by atoms with E-state index in [0.717, 1.165) is 23.1 Å². The summed E-state index contributed by atoms with van der Waals surface area (Å²) in [5.74, 6) is -0.157. The standard InChI is InChI=1S/C21H22FNO3/c1-4-23(14(3)15-5-7-17(22)8-6-15)12-16-11-20(25)26-21-13(2)19(24)10-9-18(16)21/h5-11,14,24H,4,12H2,1-3H3. The fraction of sp³-hybridized carbons (Fsp3) is 0.286. The van der Waals surface area contributed by atoms with E-state index in [1.807, 2.05) is 6.92 Å². The number of aromatic hydroxyl groups is 1. The van der Waals surface area contributed by atoms with E-state index in [1.54, 1.807) is 31.2 Å². The van der Waals surface area contributed by atoms with Crippen LogP contribution in [-0.2, 0) is 6.54 Å². The number of hydrogen-bond acceptors (Lipinski definition) is 4. The Morgan fingerprint density at radius 3 is 2.54 bits per heavy atom. The lowest BCUT2D eigenvalue weighted by Crippen LogP contribution is -2.27. The number of hydrogen-bond donors (Lipinski definition) is 1. The fourth-order valence-electron chi connectivity index (χ4n) is 3.24. The second-order valence-corrected chi connectivity index (χ2v) is 6.47. The van der Waals surface area contributed by atoms with Crippen LogP contribution < -0.4 is 5.63 Å². The molecule has 26 heavy (non-hydrogen) atoms. The molecule has 0 saturated heterocycles. The molecule has 0 bridgehead atoms. The molecule has 3 rings (SSSR count). The molecule has 0 saturated carbocycles. The SMILES string of the molecule is CCN(Cc1cc(=O)oc2c(C)c(O)ccc12)C(C)c1ccc(F)cc1. The molecule has 0 amide bonds. The third kappa shape index (κ3) is 3.48. The number of benzene rings is 2. The van der Waals surface area contributed by atoms with Gasteiger partial charge in [0, 0.05) is 29.6 Å². The highest BCUT2D eigenvalue weighted by atomic mass is 19.1. The summed E-state index contributed by atoms with van der Waals surface area (Å²) < 4.78 is 18.5. The van der Waals surface area contributed by atoms with Gasteiger partial charge in [-0.1, -0.05) is 19.1 Å². The summed E-state index contributed by atoms with van der Waals surface area (Å²) in [7, 11) is 0. The number of fused-ring (bicyclic) bond motifs is 1. The summed E-state index contributed by atoms with van der Waals surface area (Å²) >= 11 is 0. The van der Waals surface area contributed by atoms with Crippen LogP contribution in [-0.4, -0.2) is 16.6 Å². The van der Waals surface area contributed by atoms with Crippen molar-refractivity contribution in [3.63, 3.8) is 0 Å². The molecule has 1 unspecified atom stereocenters. The first-order chi connectivity index (χ1) is 12.4. The van der Waals surface area contributed by atoms with Gasteiger partial charge in [-0.05, 0) is 55.8 Å². The van der Waals surface area contributed by atoms with Crippen molar-refractivity contribution in [2.75, 3.05) is 6.54 Å². The molecule has 1 atom stereocenters. The van der Waals surface area contributed by atoms with Gasteiger partial charge in [-0.15, -0.1) is 0 Å². The average molecular weight is 355 g/mol. The van der Waals surface area contributed by atoms with Crippen LogP contribution in [0.15, 0.2) is 51.7 Å². The summed E-state index contributed by atoms with van der Waals surface area (Å²) in [6.07, 6.45) is 0. The van der Waals surface area contributed by atoms with Gasteiger partial charge in [-0.25, -0.2) is 9.18 Å². The molecule has 0 aliphatic heterocycles. The van der Waals surface area contributed by atoms with Crippen LogP contribution in [0.1, 0.15) is 36.6 Å². The zero-order chi connectivity index (χ0) is 18.8. The molecule has 2 aromatic carbocycles. The van der Waals surface area contributed by atoms with Crippen LogP contribution in [0.2, 0.25) is 0 Å². The summed E-state index contributed by atoms with van der Waals surface area (Å²) in [4.78, 5) is 14.2. The van der Waals surface area contributed by atoms with E-state index in [2.05, 4.69) is 11.8 Å². The van der Waals surface area contributed by atoms with Crippen molar-refractivity contribution in [3.05, 3.63) is 75.4 Å². The van der Waals surface area contributed by atoms with Gasteiger partial charge in [0.1, 0.15) is 17.1 Å². The summed E-state index contributed by atoms with van der Waals surface area (Å²) in [5.41, 5.74) is 2.38. The molecule has 0 aliphatic carbocycles. The number of halogens is 1. The summed E-state index contributed by atoms with van der Waals surface area (Å²) in [5, 5.41) is 10.7. The minimum atomic E-state index is -0.438. The van der Waals surface area contributed by atoms with Crippen molar-refractivity contribution >= 4 is 11.0 Å². The van der Waals surface area contributed by atoms with E-state index >= 15 is 0 Å². The van der Waals surface area contributed by atoms with Gasteiger partial charge in [0.05, 0.1) is 0 Å². The van der Waals surface area contributed by atoms with E-state index < -0.39 is 5.63 Å². The van der Waals surface area contributed by atoms with Gasteiger partial charge in [-0.3, -0.25) is 4.90 Å². The second kappa shape index (κ2) is 7.30. The second-order valence-electron chi connectivity index (χ2n) is 6.47. The zero-order valence-corrected chi connectivity index (χ0v) is 15.1. The molecule has 0 radical (unpaired) electrons. The van der Waals surface area contributed by atoms with Gasteiger partial charge in [0.2, 0.25) is 0 Å². The maximum absolute atomic E-state index is 13.2. The quantitative estimate of drug-likeness (QED) is 0.683. The maximum atomic E-state index is 13.2. The molecule has 5 heteroatoms. The number of phenolic OH excluding ortho intramolecular Hbond substituents is 1. The van der Waals surface area contributed by atoms with E-state index in [1.165, 1.54) is 18.2 Å². The van der Waals surface area contributed by atoms with Crippen molar-refractivity contribution in [3.8, 4) is 5.75 Å². The Balaban J connectivity index is 1.99. The fourth-order valence-corrected chi connectivity index (χ4v) is 3.24. The van der Waals surface area contributed by atoms with E-state index in [9.17, 15) is 14.3 Å². The first kappa shape index (κ1) is 18.1. The lowest BCUT2D eigenvalue weighted by molar-refractivity contribution is 0.213. The molecule has 3 aromatic rings. The molecular weight excluding hydrogens is 333 g/mol. The molecular formula is C21H22FNO3. The van der Waals surface area contributed by atoms with Gasteiger partial charge < -0.3 is 9.52 Å². The van der Waals surface area contributed by atoms with E-state index in [4.69, 9.17) is 4.42 Å². The Morgan fingerprint density at radius 1 is 1.19 bits per heavy atom. The first-order valence-electron chi connectivity index (χ1n) is 8.65. The lowest BCUT2D eigenvalue weighted by atomic mass is 10.0. The van der Waals surface area contributed by atoms with Gasteiger partial charge in [0.15, 0.2) is 0 Å². The Kier molecular flexibility index (Phi) is 5.09. The molecule has 4 nitrogen and oxygen atoms in total. The highest BCUT2D eigenvalue weighted by Crippen LogP contribution is 2.29. The Hall–Kier alpha value is -2.66. The smallest absolute Gasteiger partial charge is 0.336 e. The molecule has 1 heterocycles. The number of nitrogens with zero attached hydrogens (tertiary/aromatic N) is 1.